The van der Waals surface area contributed by atoms with E-state index < -0.39 is 23.5 Å². The minimum Gasteiger partial charge on any atom is -0.301 e. The molecule has 0 amide bonds. The highest BCUT2D eigenvalue weighted by Crippen LogP contribution is 2.62. The number of nitrogens with zero attached hydrogens (tertiary/aromatic N) is 6. The summed E-state index contributed by atoms with van der Waals surface area (Å²) in [4.78, 5) is 36.7. The molecular weight excluding hydrogens is 995 g/mol. The van der Waals surface area contributed by atoms with Gasteiger partial charge in [0.1, 0.15) is 6.07 Å². The molecule has 340 valence electrons. The number of hydrogen-bond acceptors (Lipinski definition) is 9. The maximum atomic E-state index is 13.5. The van der Waals surface area contributed by atoms with Crippen LogP contribution in [0.2, 0.25) is 0 Å². The Morgan fingerprint density at radius 3 is 1.44 bits per heavy atom. The van der Waals surface area contributed by atoms with Gasteiger partial charge in [-0.1, -0.05) is 53.6 Å². The third-order valence-electron chi connectivity index (χ3n) is 12.1. The van der Waals surface area contributed by atoms with E-state index in [1.54, 1.807) is 6.07 Å². The van der Waals surface area contributed by atoms with E-state index in [9.17, 15) is 46.5 Å². The summed E-state index contributed by atoms with van der Waals surface area (Å²) in [5.74, 6) is 0. The van der Waals surface area contributed by atoms with E-state index in [0.29, 0.717) is 47.1 Å². The number of nitriles is 3. The lowest BCUT2D eigenvalue weighted by atomic mass is 10.0. The highest BCUT2D eigenvalue weighted by molar-refractivity contribution is 7.37. The van der Waals surface area contributed by atoms with E-state index in [2.05, 4.69) is 14.5 Å². The molecule has 0 saturated carbocycles. The molecule has 4 aromatic heterocycles. The van der Waals surface area contributed by atoms with Crippen LogP contribution in [0.1, 0.15) is 43.1 Å². The fraction of sp³-hybridized carbons (Fsp3) is 0.0943. The predicted molar refractivity (Wildman–Crippen MR) is 268 cm³/mol. The fourth-order valence-electron chi connectivity index (χ4n) is 9.21. The predicted octanol–water partition coefficient (Wildman–Crippen LogP) is 15.6. The van der Waals surface area contributed by atoms with Gasteiger partial charge in [-0.05, 0) is 77.2 Å². The first-order valence-corrected chi connectivity index (χ1v) is 23.9. The maximum absolute atomic E-state index is 13.5. The van der Waals surface area contributed by atoms with Crippen molar-refractivity contribution in [3.05, 3.63) is 182 Å². The van der Waals surface area contributed by atoms with Crippen LogP contribution in [0.4, 0.5) is 26.3 Å². The summed E-state index contributed by atoms with van der Waals surface area (Å²) >= 11 is 5.31. The van der Waals surface area contributed by atoms with Crippen molar-refractivity contribution >= 4 is 117 Å². The number of aryl methyl sites for hydroxylation is 2. The number of alkyl halides is 6. The van der Waals surface area contributed by atoms with E-state index in [1.165, 1.54) is 57.5 Å². The largest absolute Gasteiger partial charge is 0.416 e. The van der Waals surface area contributed by atoms with Crippen LogP contribution in [-0.4, -0.2) is 6.54 Å². The molecule has 8 nitrogen and oxygen atoms in total. The number of allylic oxidation sites excluding steroid dienone is 2. The van der Waals surface area contributed by atoms with Gasteiger partial charge in [-0.15, -0.1) is 45.3 Å². The van der Waals surface area contributed by atoms with Gasteiger partial charge >= 0.3 is 12.4 Å². The number of benzene rings is 4. The number of thiophene rings is 4. The Morgan fingerprint density at radius 2 is 0.972 bits per heavy atom. The van der Waals surface area contributed by atoms with E-state index in [0.717, 1.165) is 86.5 Å². The lowest BCUT2D eigenvalue weighted by molar-refractivity contribution is -0.138. The number of fused-ring (bicyclic) bond motifs is 18. The van der Waals surface area contributed by atoms with Crippen molar-refractivity contribution in [3.63, 3.8) is 0 Å². The number of rotatable bonds is 0. The second kappa shape index (κ2) is 16.6. The van der Waals surface area contributed by atoms with E-state index in [1.807, 2.05) is 62.4 Å². The molecule has 0 atom stereocenters. The monoisotopic (exact) mass is 1010 g/mol. The van der Waals surface area contributed by atoms with Gasteiger partial charge in [-0.25, -0.2) is 26.8 Å². The Bertz CT molecular complexity index is 4460. The van der Waals surface area contributed by atoms with Crippen LogP contribution >= 0.6 is 45.3 Å². The molecule has 4 heterocycles. The molecule has 6 aromatic carbocycles. The smallest absolute Gasteiger partial charge is 0.301 e. The van der Waals surface area contributed by atoms with Gasteiger partial charge < -0.3 is 4.85 Å². The lowest BCUT2D eigenvalue weighted by Gasteiger charge is -2.10. The summed E-state index contributed by atoms with van der Waals surface area (Å²) in [7, 11) is 0. The molecule has 71 heavy (non-hydrogen) atoms. The van der Waals surface area contributed by atoms with Crippen LogP contribution in [0.3, 0.4) is 0 Å². The molecule has 0 radical (unpaired) electrons. The Balaban J connectivity index is 0.000000153. The fourth-order valence-corrected chi connectivity index (χ4v) is 15.1. The van der Waals surface area contributed by atoms with Gasteiger partial charge in [0.25, 0.3) is 17.9 Å². The summed E-state index contributed by atoms with van der Waals surface area (Å²) in [6, 6.07) is 23.8. The first-order chi connectivity index (χ1) is 33.9. The first-order valence-electron chi connectivity index (χ1n) is 20.6. The minimum absolute atomic E-state index is 0.0139. The molecule has 0 spiro atoms. The summed E-state index contributed by atoms with van der Waals surface area (Å²) < 4.78 is 84.2. The third kappa shape index (κ3) is 6.92. The minimum atomic E-state index is -4.57. The van der Waals surface area contributed by atoms with Crippen LogP contribution in [-0.2, 0) is 12.4 Å². The molecule has 0 fully saturated rings. The summed E-state index contributed by atoms with van der Waals surface area (Å²) in [5.41, 5.74) is 4.36. The average Bonchev–Trinajstić information content (AvgIpc) is 4.21. The SMILES string of the molecule is Cc1ccc2c(c1)c(=O)c1sc3c(sc4c(=O)c5cc(C(F)(F)F)ccc5c43)c12.[C-]#[N+]/C(C#N)=C1/c2cc(C(F)(F)F)ccc2-c2c1sc1c3c(sc21)/C(=C(\C#N)[N+]#[C-])c1cc(C)ccc1-3.[C-]#[N+]CC#N. The zero-order valence-corrected chi connectivity index (χ0v) is 39.3. The zero-order chi connectivity index (χ0) is 50.6. The molecular formula is C53H20F6N6O2S4. The molecule has 0 aliphatic heterocycles. The summed E-state index contributed by atoms with van der Waals surface area (Å²) in [5, 5.41) is 30.6. The average molecular weight is 1020 g/mol. The van der Waals surface area contributed by atoms with Gasteiger partial charge in [-0.3, -0.25) is 9.59 Å². The molecule has 0 saturated heterocycles. The normalized spacial score (nSPS) is 13.8. The second-order valence-corrected chi connectivity index (χ2v) is 20.3. The highest BCUT2D eigenvalue weighted by atomic mass is 32.1. The van der Waals surface area contributed by atoms with Crippen molar-refractivity contribution in [2.45, 2.75) is 26.2 Å². The summed E-state index contributed by atoms with van der Waals surface area (Å²) in [6.07, 6.45) is -9.07. The van der Waals surface area contributed by atoms with E-state index in [4.69, 9.17) is 25.0 Å². The summed E-state index contributed by atoms with van der Waals surface area (Å²) in [6.45, 7) is 24.9. The molecule has 2 aliphatic carbocycles. The zero-order valence-electron chi connectivity index (χ0n) is 36.0. The van der Waals surface area contributed by atoms with E-state index >= 15 is 0 Å². The molecule has 0 N–H and O–H groups in total. The van der Waals surface area contributed by atoms with Gasteiger partial charge in [-0.2, -0.15) is 31.6 Å². The van der Waals surface area contributed by atoms with Crippen LogP contribution < -0.4 is 10.9 Å². The van der Waals surface area contributed by atoms with Crippen LogP contribution in [0.25, 0.3) is 108 Å². The van der Waals surface area contributed by atoms with Gasteiger partial charge in [0, 0.05) is 53.6 Å². The standard InChI is InChI=1S/C28H9F3N4S2.C22H9F3O2S2.C3H2N2/c1-12-4-6-14-16(8-12)20(18(10-32)34-2)24-22(14)26-27(36-24)23-15-7-5-13(28(29,30)31)9-17(15)21(25(23)37-26)19(11-33)35-3;1-8-2-4-10-12(6-8)16(26)18-14(10)20-21(28-18)15-11-5-3-9(22(23,24)25)7-13(11)17(27)19(15)29-20;1-5-3-2-4/h4-9H,1H3;2-7H,1H3;3H2/b20-18+,21-19-;;. The quantitative estimate of drug-likeness (QED) is 0.0649. The molecule has 2 aliphatic rings. The Labute approximate surface area is 412 Å². The van der Waals surface area contributed by atoms with Crippen molar-refractivity contribution in [3.8, 4) is 40.5 Å². The molecule has 10 aromatic rings. The maximum Gasteiger partial charge on any atom is 0.416 e. The highest BCUT2D eigenvalue weighted by Gasteiger charge is 2.40. The molecule has 0 bridgehead atoms. The Hall–Kier alpha value is -8.46. The van der Waals surface area contributed by atoms with Crippen molar-refractivity contribution in [1.29, 1.82) is 15.8 Å². The van der Waals surface area contributed by atoms with Crippen molar-refractivity contribution in [2.24, 2.45) is 0 Å². The molecule has 0 unspecified atom stereocenters. The van der Waals surface area contributed by atoms with E-state index in [-0.39, 0.29) is 45.3 Å². The molecule has 18 heteroatoms. The Morgan fingerprint density at radius 1 is 0.535 bits per heavy atom. The van der Waals surface area contributed by atoms with Crippen molar-refractivity contribution in [2.75, 3.05) is 6.54 Å². The molecule has 12 rings (SSSR count). The van der Waals surface area contributed by atoms with Gasteiger partial charge in [0.05, 0.1) is 64.6 Å². The van der Waals surface area contributed by atoms with Crippen molar-refractivity contribution < 1.29 is 26.3 Å². The second-order valence-electron chi connectivity index (χ2n) is 16.2. The van der Waals surface area contributed by atoms with Gasteiger partial charge in [0.15, 0.2) is 0 Å². The topological polar surface area (TPSA) is 119 Å². The van der Waals surface area contributed by atoms with Gasteiger partial charge in [0.2, 0.25) is 10.9 Å². The lowest BCUT2D eigenvalue weighted by Crippen LogP contribution is -2.05. The number of hydrogen-bond donors (Lipinski definition) is 0. The first kappa shape index (κ1) is 46.3. The Kier molecular flexibility index (Phi) is 10.8. The van der Waals surface area contributed by atoms with Crippen molar-refractivity contribution in [1.82, 2.24) is 0 Å². The van der Waals surface area contributed by atoms with Crippen LogP contribution in [0.5, 0.6) is 0 Å². The third-order valence-corrected chi connectivity index (χ3v) is 17.2. The number of halogens is 6. The van der Waals surface area contributed by atoms with Crippen LogP contribution in [0, 0.1) is 67.6 Å². The van der Waals surface area contributed by atoms with Crippen LogP contribution in [0.15, 0.2) is 93.8 Å².